The smallest absolute Gasteiger partial charge is 0.408 e. The van der Waals surface area contributed by atoms with Gasteiger partial charge in [-0.15, -0.1) is 0 Å². The van der Waals surface area contributed by atoms with Gasteiger partial charge in [-0.25, -0.2) is 0 Å². The van der Waals surface area contributed by atoms with Gasteiger partial charge in [0.15, 0.2) is 0 Å². The molecule has 2 rings (SSSR count). The van der Waals surface area contributed by atoms with Gasteiger partial charge >= 0.3 is 6.18 Å². The van der Waals surface area contributed by atoms with Gasteiger partial charge in [0.25, 0.3) is 0 Å². The molecular formula is C16H14F3NO2S. The minimum Gasteiger partial charge on any atom is -0.508 e. The van der Waals surface area contributed by atoms with E-state index in [1.807, 2.05) is 0 Å². The van der Waals surface area contributed by atoms with Crippen molar-refractivity contribution in [1.29, 1.82) is 0 Å². The van der Waals surface area contributed by atoms with Gasteiger partial charge < -0.3 is 15.1 Å². The Bertz CT molecular complexity index is 684. The lowest BCUT2D eigenvalue weighted by molar-refractivity contribution is -0.142. The summed E-state index contributed by atoms with van der Waals surface area (Å²) in [6.07, 6.45) is -4.49. The lowest BCUT2D eigenvalue weighted by Gasteiger charge is -2.33. The van der Waals surface area contributed by atoms with Crippen LogP contribution in [0.5, 0.6) is 11.5 Å². The van der Waals surface area contributed by atoms with Crippen molar-refractivity contribution in [2.24, 2.45) is 0 Å². The number of benzene rings is 2. The number of hydrogen-bond acceptors (Lipinski definition) is 3. The van der Waals surface area contributed by atoms with Crippen molar-refractivity contribution >= 4 is 22.9 Å². The summed E-state index contributed by atoms with van der Waals surface area (Å²) in [5.41, 5.74) is 0.590. The molecular weight excluding hydrogens is 327 g/mol. The van der Waals surface area contributed by atoms with Crippen molar-refractivity contribution in [3.63, 3.8) is 0 Å². The Kier molecular flexibility index (Phi) is 4.79. The number of nitrogens with zero attached hydrogens (tertiary/aromatic N) is 1. The molecule has 0 aliphatic heterocycles. The molecule has 0 amide bonds. The van der Waals surface area contributed by atoms with Gasteiger partial charge in [0, 0.05) is 11.3 Å². The van der Waals surface area contributed by atoms with Crippen molar-refractivity contribution < 1.29 is 23.4 Å². The Morgan fingerprint density at radius 1 is 0.957 bits per heavy atom. The predicted octanol–water partition coefficient (Wildman–Crippen LogP) is 4.23. The summed E-state index contributed by atoms with van der Waals surface area (Å²) < 4.78 is 39.6. The average Bonchev–Trinajstić information content (AvgIpc) is 2.49. The normalized spacial score (nSPS) is 12.7. The standard InChI is InChI=1S/C16H14F3NO2S/c1-10(16(17,18)19)20(12-4-8-14(22)9-5-12)15(23)11-2-6-13(21)7-3-11/h2-10,21-22H,1H3. The molecule has 7 heteroatoms. The molecule has 122 valence electrons. The topological polar surface area (TPSA) is 43.7 Å². The third-order valence-electron chi connectivity index (χ3n) is 3.32. The zero-order chi connectivity index (χ0) is 17.2. The van der Waals surface area contributed by atoms with E-state index in [2.05, 4.69) is 0 Å². The van der Waals surface area contributed by atoms with Gasteiger partial charge in [0.1, 0.15) is 22.5 Å². The molecule has 0 spiro atoms. The Morgan fingerprint density at radius 3 is 1.83 bits per heavy atom. The summed E-state index contributed by atoms with van der Waals surface area (Å²) in [6.45, 7) is 1.01. The number of thiocarbonyl (C=S) groups is 1. The maximum absolute atomic E-state index is 13.2. The molecule has 23 heavy (non-hydrogen) atoms. The van der Waals surface area contributed by atoms with Crippen molar-refractivity contribution in [1.82, 2.24) is 0 Å². The number of anilines is 1. The second kappa shape index (κ2) is 6.45. The third kappa shape index (κ3) is 3.92. The number of halogens is 3. The Balaban J connectivity index is 2.46. The maximum atomic E-state index is 13.2. The second-order valence-electron chi connectivity index (χ2n) is 4.96. The van der Waals surface area contributed by atoms with Crippen LogP contribution in [0.25, 0.3) is 0 Å². The first-order valence-corrected chi connectivity index (χ1v) is 7.09. The molecule has 0 aliphatic rings. The number of hydrogen-bond donors (Lipinski definition) is 2. The zero-order valence-corrected chi connectivity index (χ0v) is 12.9. The largest absolute Gasteiger partial charge is 0.508 e. The molecule has 0 radical (unpaired) electrons. The van der Waals surface area contributed by atoms with Crippen molar-refractivity contribution in [2.75, 3.05) is 4.90 Å². The Labute approximate surface area is 136 Å². The molecule has 0 aliphatic carbocycles. The van der Waals surface area contributed by atoms with Gasteiger partial charge in [-0.2, -0.15) is 13.2 Å². The lowest BCUT2D eigenvalue weighted by atomic mass is 10.1. The first-order valence-electron chi connectivity index (χ1n) is 6.68. The van der Waals surface area contributed by atoms with E-state index in [0.717, 1.165) is 11.8 Å². The summed E-state index contributed by atoms with van der Waals surface area (Å²) in [5.74, 6) is -0.0551. The van der Waals surface area contributed by atoms with E-state index in [0.29, 0.717) is 5.56 Å². The van der Waals surface area contributed by atoms with Crippen LogP contribution >= 0.6 is 12.2 Å². The van der Waals surface area contributed by atoms with Gasteiger partial charge in [0.05, 0.1) is 0 Å². The molecule has 1 unspecified atom stereocenters. The maximum Gasteiger partial charge on any atom is 0.408 e. The van der Waals surface area contributed by atoms with Gasteiger partial charge in [0.2, 0.25) is 0 Å². The number of phenolic OH excluding ortho intramolecular Hbond substituents is 2. The number of phenols is 2. The van der Waals surface area contributed by atoms with Gasteiger partial charge in [-0.1, -0.05) is 12.2 Å². The predicted molar refractivity (Wildman–Crippen MR) is 85.9 cm³/mol. The highest BCUT2D eigenvalue weighted by Crippen LogP contribution is 2.31. The average molecular weight is 341 g/mol. The molecule has 0 saturated heterocycles. The highest BCUT2D eigenvalue weighted by Gasteiger charge is 2.42. The van der Waals surface area contributed by atoms with Crippen LogP contribution in [-0.2, 0) is 0 Å². The van der Waals surface area contributed by atoms with Crippen LogP contribution in [0.3, 0.4) is 0 Å². The second-order valence-corrected chi connectivity index (χ2v) is 5.34. The van der Waals surface area contributed by atoms with Crippen molar-refractivity contribution in [3.05, 3.63) is 54.1 Å². The molecule has 0 heterocycles. The van der Waals surface area contributed by atoms with E-state index in [9.17, 15) is 23.4 Å². The minimum absolute atomic E-state index is 0.00315. The summed E-state index contributed by atoms with van der Waals surface area (Å²) in [6, 6.07) is 9.09. The van der Waals surface area contributed by atoms with Crippen LogP contribution in [0.2, 0.25) is 0 Å². The van der Waals surface area contributed by atoms with E-state index in [1.54, 1.807) is 0 Å². The van der Waals surface area contributed by atoms with E-state index >= 15 is 0 Å². The van der Waals surface area contributed by atoms with Crippen LogP contribution in [0, 0.1) is 0 Å². The fourth-order valence-electron chi connectivity index (χ4n) is 2.02. The zero-order valence-electron chi connectivity index (χ0n) is 12.1. The quantitative estimate of drug-likeness (QED) is 0.820. The number of aromatic hydroxyl groups is 2. The molecule has 2 aromatic carbocycles. The van der Waals surface area contributed by atoms with Gasteiger partial charge in [-0.3, -0.25) is 0 Å². The minimum atomic E-state index is -4.49. The fourth-order valence-corrected chi connectivity index (χ4v) is 2.42. The SMILES string of the molecule is CC(N(C(=S)c1ccc(O)cc1)c1ccc(O)cc1)C(F)(F)F. The van der Waals surface area contributed by atoms with Crippen LogP contribution in [0.1, 0.15) is 12.5 Å². The van der Waals surface area contributed by atoms with Crippen LogP contribution in [0.15, 0.2) is 48.5 Å². The van der Waals surface area contributed by atoms with E-state index in [1.165, 1.54) is 48.5 Å². The molecule has 0 aromatic heterocycles. The Hall–Kier alpha value is -2.28. The molecule has 2 aromatic rings. The summed E-state index contributed by atoms with van der Waals surface area (Å²) in [4.78, 5) is 0.946. The highest BCUT2D eigenvalue weighted by atomic mass is 32.1. The summed E-state index contributed by atoms with van der Waals surface area (Å²) in [7, 11) is 0. The first-order chi connectivity index (χ1) is 10.7. The van der Waals surface area contributed by atoms with E-state index < -0.39 is 12.2 Å². The monoisotopic (exact) mass is 341 g/mol. The number of rotatable bonds is 3. The van der Waals surface area contributed by atoms with Crippen LogP contribution < -0.4 is 4.90 Å². The first kappa shape index (κ1) is 17.1. The number of alkyl halides is 3. The van der Waals surface area contributed by atoms with E-state index in [4.69, 9.17) is 12.2 Å². The molecule has 3 nitrogen and oxygen atoms in total. The molecule has 0 fully saturated rings. The molecule has 0 saturated carbocycles. The summed E-state index contributed by atoms with van der Waals surface area (Å²) >= 11 is 5.23. The van der Waals surface area contributed by atoms with Crippen LogP contribution in [-0.4, -0.2) is 27.4 Å². The molecule has 2 N–H and O–H groups in total. The lowest BCUT2D eigenvalue weighted by Crippen LogP contribution is -2.47. The summed E-state index contributed by atoms with van der Waals surface area (Å²) in [5, 5.41) is 18.6. The molecule has 1 atom stereocenters. The fraction of sp³-hybridized carbons (Fsp3) is 0.188. The van der Waals surface area contributed by atoms with Crippen LogP contribution in [0.4, 0.5) is 18.9 Å². The van der Waals surface area contributed by atoms with Gasteiger partial charge in [-0.05, 0) is 55.5 Å². The highest BCUT2D eigenvalue weighted by molar-refractivity contribution is 7.81. The Morgan fingerprint density at radius 2 is 1.39 bits per heavy atom. The van der Waals surface area contributed by atoms with E-state index in [-0.39, 0.29) is 22.2 Å². The molecule has 0 bridgehead atoms. The third-order valence-corrected chi connectivity index (χ3v) is 3.75. The van der Waals surface area contributed by atoms with Crippen molar-refractivity contribution in [3.8, 4) is 11.5 Å². The van der Waals surface area contributed by atoms with Crippen molar-refractivity contribution in [2.45, 2.75) is 19.1 Å².